The first-order valence-corrected chi connectivity index (χ1v) is 6.73. The van der Waals surface area contributed by atoms with Gasteiger partial charge in [0.05, 0.1) is 0 Å². The van der Waals surface area contributed by atoms with Gasteiger partial charge in [0.1, 0.15) is 5.82 Å². The Morgan fingerprint density at radius 3 is 2.59 bits per heavy atom. The van der Waals surface area contributed by atoms with Crippen molar-refractivity contribution in [2.24, 2.45) is 5.92 Å². The van der Waals surface area contributed by atoms with Gasteiger partial charge in [-0.05, 0) is 40.9 Å². The van der Waals surface area contributed by atoms with Crippen LogP contribution in [0.25, 0.3) is 0 Å². The number of hydrogen-bond donors (Lipinski definition) is 0. The molecular formula is C16H23F. The zero-order valence-electron chi connectivity index (χ0n) is 11.4. The third kappa shape index (κ3) is 2.70. The summed E-state index contributed by atoms with van der Waals surface area (Å²) in [6.45, 7) is 8.75. The van der Waals surface area contributed by atoms with Crippen molar-refractivity contribution in [1.29, 1.82) is 0 Å². The fraction of sp³-hybridized carbons (Fsp3) is 0.625. The normalized spacial score (nSPS) is 23.8. The predicted molar refractivity (Wildman–Crippen MR) is 70.9 cm³/mol. The lowest BCUT2D eigenvalue weighted by Gasteiger charge is -2.20. The largest absolute Gasteiger partial charge is 0.207 e. The van der Waals surface area contributed by atoms with E-state index < -0.39 is 0 Å². The molecule has 0 saturated heterocycles. The van der Waals surface area contributed by atoms with Crippen molar-refractivity contribution < 1.29 is 4.39 Å². The van der Waals surface area contributed by atoms with Gasteiger partial charge in [-0.2, -0.15) is 0 Å². The van der Waals surface area contributed by atoms with E-state index in [0.717, 1.165) is 11.5 Å². The summed E-state index contributed by atoms with van der Waals surface area (Å²) in [6.07, 6.45) is 3.63. The van der Waals surface area contributed by atoms with Crippen LogP contribution in [0.1, 0.15) is 64.0 Å². The molecule has 0 radical (unpaired) electrons. The van der Waals surface area contributed by atoms with E-state index in [0.29, 0.717) is 5.92 Å². The van der Waals surface area contributed by atoms with Gasteiger partial charge in [0.15, 0.2) is 0 Å². The first kappa shape index (κ1) is 12.6. The molecule has 1 heteroatoms. The van der Waals surface area contributed by atoms with Crippen molar-refractivity contribution in [2.45, 2.75) is 58.3 Å². The number of halogens is 1. The highest BCUT2D eigenvalue weighted by Gasteiger charge is 2.39. The Bertz CT molecular complexity index is 400. The van der Waals surface area contributed by atoms with Crippen LogP contribution in [0.4, 0.5) is 4.39 Å². The number of rotatable bonds is 3. The van der Waals surface area contributed by atoms with Gasteiger partial charge >= 0.3 is 0 Å². The molecule has 1 aliphatic carbocycles. The molecule has 0 spiro atoms. The van der Waals surface area contributed by atoms with E-state index in [2.05, 4.69) is 33.8 Å². The van der Waals surface area contributed by atoms with Crippen LogP contribution in [-0.2, 0) is 5.41 Å². The quantitative estimate of drug-likeness (QED) is 0.688. The second kappa shape index (κ2) is 4.44. The van der Waals surface area contributed by atoms with E-state index in [1.165, 1.54) is 24.8 Å². The molecule has 94 valence electrons. The molecule has 17 heavy (non-hydrogen) atoms. The number of hydrogen-bond acceptors (Lipinski definition) is 0. The van der Waals surface area contributed by atoms with Gasteiger partial charge in [-0.15, -0.1) is 0 Å². The van der Waals surface area contributed by atoms with Gasteiger partial charge < -0.3 is 0 Å². The van der Waals surface area contributed by atoms with Crippen molar-refractivity contribution in [2.75, 3.05) is 0 Å². The molecule has 0 amide bonds. The summed E-state index contributed by atoms with van der Waals surface area (Å²) in [5.41, 5.74) is 2.31. The second-order valence-corrected chi connectivity index (χ2v) is 6.38. The molecule has 1 saturated carbocycles. The van der Waals surface area contributed by atoms with E-state index >= 15 is 0 Å². The highest BCUT2D eigenvalue weighted by Crippen LogP contribution is 2.51. The zero-order valence-corrected chi connectivity index (χ0v) is 11.4. The Labute approximate surface area is 104 Å². The summed E-state index contributed by atoms with van der Waals surface area (Å²) >= 11 is 0. The Kier molecular flexibility index (Phi) is 3.29. The van der Waals surface area contributed by atoms with Crippen LogP contribution < -0.4 is 0 Å². The molecule has 1 aliphatic rings. The second-order valence-electron chi connectivity index (χ2n) is 6.38. The zero-order chi connectivity index (χ0) is 12.6. The first-order chi connectivity index (χ1) is 7.93. The summed E-state index contributed by atoms with van der Waals surface area (Å²) < 4.78 is 13.9. The Hall–Kier alpha value is -0.850. The molecule has 2 atom stereocenters. The molecule has 0 bridgehead atoms. The minimum Gasteiger partial charge on any atom is -0.207 e. The van der Waals surface area contributed by atoms with E-state index in [-0.39, 0.29) is 11.2 Å². The lowest BCUT2D eigenvalue weighted by Crippen LogP contribution is -2.11. The summed E-state index contributed by atoms with van der Waals surface area (Å²) in [6, 6.07) is 5.67. The predicted octanol–water partition coefficient (Wildman–Crippen LogP) is 5.03. The van der Waals surface area contributed by atoms with Crippen LogP contribution in [0.5, 0.6) is 0 Å². The summed E-state index contributed by atoms with van der Waals surface area (Å²) in [7, 11) is 0. The van der Waals surface area contributed by atoms with Crippen LogP contribution in [0, 0.1) is 11.7 Å². The van der Waals surface area contributed by atoms with Crippen molar-refractivity contribution in [3.05, 3.63) is 35.1 Å². The lowest BCUT2D eigenvalue weighted by molar-refractivity contribution is 0.572. The third-order valence-electron chi connectivity index (χ3n) is 3.84. The van der Waals surface area contributed by atoms with Crippen molar-refractivity contribution in [3.63, 3.8) is 0 Å². The third-order valence-corrected chi connectivity index (χ3v) is 3.84. The molecule has 2 rings (SSSR count). The molecule has 0 aliphatic heterocycles. The number of benzene rings is 1. The van der Waals surface area contributed by atoms with Gasteiger partial charge in [0, 0.05) is 0 Å². The van der Waals surface area contributed by atoms with E-state index in [1.807, 2.05) is 6.07 Å². The van der Waals surface area contributed by atoms with Gasteiger partial charge in [-0.3, -0.25) is 0 Å². The average molecular weight is 234 g/mol. The van der Waals surface area contributed by atoms with Gasteiger partial charge in [-0.1, -0.05) is 52.7 Å². The summed E-state index contributed by atoms with van der Waals surface area (Å²) in [5, 5.41) is 0. The van der Waals surface area contributed by atoms with Crippen LogP contribution in [0.2, 0.25) is 0 Å². The molecule has 0 nitrogen and oxygen atoms in total. The van der Waals surface area contributed by atoms with E-state index in [1.54, 1.807) is 6.07 Å². The monoisotopic (exact) mass is 234 g/mol. The smallest absolute Gasteiger partial charge is 0.126 e. The molecule has 0 heterocycles. The minimum atomic E-state index is -0.0124. The molecule has 1 fully saturated rings. The standard InChI is InChI=1S/C16H23F/c1-5-6-11-9-13(11)14-10-12(16(2,3)4)7-8-15(14)17/h7-8,10-11,13H,5-6,9H2,1-4H3. The Morgan fingerprint density at radius 2 is 2.00 bits per heavy atom. The molecular weight excluding hydrogens is 211 g/mol. The lowest BCUT2D eigenvalue weighted by atomic mass is 9.85. The minimum absolute atomic E-state index is 0.0124. The fourth-order valence-corrected chi connectivity index (χ4v) is 2.61. The maximum Gasteiger partial charge on any atom is 0.126 e. The molecule has 1 aromatic carbocycles. The molecule has 2 unspecified atom stereocenters. The fourth-order valence-electron chi connectivity index (χ4n) is 2.61. The van der Waals surface area contributed by atoms with Crippen LogP contribution in [-0.4, -0.2) is 0 Å². The highest BCUT2D eigenvalue weighted by atomic mass is 19.1. The van der Waals surface area contributed by atoms with Gasteiger partial charge in [0.2, 0.25) is 0 Å². The maximum atomic E-state index is 13.9. The van der Waals surface area contributed by atoms with Crippen LogP contribution in [0.15, 0.2) is 18.2 Å². The Morgan fingerprint density at radius 1 is 1.29 bits per heavy atom. The molecule has 0 aromatic heterocycles. The van der Waals surface area contributed by atoms with Gasteiger partial charge in [0.25, 0.3) is 0 Å². The SMILES string of the molecule is CCCC1CC1c1cc(C(C)(C)C)ccc1F. The Balaban J connectivity index is 2.23. The summed E-state index contributed by atoms with van der Waals surface area (Å²) in [5.74, 6) is 1.20. The first-order valence-electron chi connectivity index (χ1n) is 6.73. The van der Waals surface area contributed by atoms with Crippen molar-refractivity contribution in [1.82, 2.24) is 0 Å². The van der Waals surface area contributed by atoms with Crippen molar-refractivity contribution in [3.8, 4) is 0 Å². The average Bonchev–Trinajstić information content (AvgIpc) is 2.96. The van der Waals surface area contributed by atoms with Gasteiger partial charge in [-0.25, -0.2) is 4.39 Å². The van der Waals surface area contributed by atoms with Crippen LogP contribution >= 0.6 is 0 Å². The van der Waals surface area contributed by atoms with E-state index in [4.69, 9.17) is 0 Å². The summed E-state index contributed by atoms with van der Waals surface area (Å²) in [4.78, 5) is 0. The van der Waals surface area contributed by atoms with E-state index in [9.17, 15) is 4.39 Å². The molecule has 0 N–H and O–H groups in total. The van der Waals surface area contributed by atoms with Crippen LogP contribution in [0.3, 0.4) is 0 Å². The topological polar surface area (TPSA) is 0 Å². The molecule has 1 aromatic rings. The maximum absolute atomic E-state index is 13.9. The van der Waals surface area contributed by atoms with Crippen molar-refractivity contribution >= 4 is 0 Å². The highest BCUT2D eigenvalue weighted by molar-refractivity contribution is 5.35.